The monoisotopic (exact) mass is 338 g/mol. The molecule has 7 heteroatoms. The van der Waals surface area contributed by atoms with Gasteiger partial charge in [0, 0.05) is 30.1 Å². The average molecular weight is 338 g/mol. The number of anilines is 1. The zero-order valence-electron chi connectivity index (χ0n) is 14.5. The highest BCUT2D eigenvalue weighted by Gasteiger charge is 2.24. The first-order chi connectivity index (χ1) is 12.1. The van der Waals surface area contributed by atoms with Crippen molar-refractivity contribution in [3.8, 4) is 11.1 Å². The second kappa shape index (κ2) is 6.33. The normalized spacial score (nSPS) is 16.4. The molecule has 0 spiro atoms. The molecule has 2 aromatic heterocycles. The minimum Gasteiger partial charge on any atom is -0.308 e. The van der Waals surface area contributed by atoms with Crippen molar-refractivity contribution in [1.29, 1.82) is 0 Å². The number of H-pyrrole nitrogens is 1. The third kappa shape index (κ3) is 3.15. The molecule has 0 bridgehead atoms. The van der Waals surface area contributed by atoms with Crippen LogP contribution in [0.15, 0.2) is 30.6 Å². The molecule has 1 aromatic carbocycles. The zero-order valence-corrected chi connectivity index (χ0v) is 14.5. The second-order valence-corrected chi connectivity index (χ2v) is 6.80. The highest BCUT2D eigenvalue weighted by Crippen LogP contribution is 2.28. The third-order valence-corrected chi connectivity index (χ3v) is 4.93. The van der Waals surface area contributed by atoms with Crippen molar-refractivity contribution in [2.45, 2.75) is 12.8 Å². The number of piperidine rings is 1. The predicted molar refractivity (Wildman–Crippen MR) is 97.1 cm³/mol. The molecule has 1 amide bonds. The van der Waals surface area contributed by atoms with Crippen molar-refractivity contribution < 1.29 is 4.79 Å². The molecule has 0 unspecified atom stereocenters. The van der Waals surface area contributed by atoms with Gasteiger partial charge in [0.1, 0.15) is 0 Å². The molecule has 25 heavy (non-hydrogen) atoms. The van der Waals surface area contributed by atoms with E-state index < -0.39 is 0 Å². The smallest absolute Gasteiger partial charge is 0.228 e. The SMILES string of the molecule is CN1CCC(C(=O)Nc2n[nH]c3ccc(-c4cnn(C)c4)cc23)CC1. The van der Waals surface area contributed by atoms with Gasteiger partial charge >= 0.3 is 0 Å². The second-order valence-electron chi connectivity index (χ2n) is 6.80. The van der Waals surface area contributed by atoms with Gasteiger partial charge in [0.05, 0.1) is 11.7 Å². The molecule has 0 radical (unpaired) electrons. The van der Waals surface area contributed by atoms with E-state index in [0.717, 1.165) is 48.0 Å². The number of rotatable bonds is 3. The average Bonchev–Trinajstić information content (AvgIpc) is 3.22. The molecule has 1 aliphatic heterocycles. The molecule has 7 nitrogen and oxygen atoms in total. The maximum Gasteiger partial charge on any atom is 0.228 e. The number of hydrogen-bond acceptors (Lipinski definition) is 4. The van der Waals surface area contributed by atoms with Gasteiger partial charge in [-0.25, -0.2) is 0 Å². The Bertz CT molecular complexity index is 903. The Morgan fingerprint density at radius 2 is 2.04 bits per heavy atom. The molecule has 1 aliphatic rings. The molecule has 130 valence electrons. The highest BCUT2D eigenvalue weighted by atomic mass is 16.2. The maximum atomic E-state index is 12.6. The molecule has 1 fully saturated rings. The number of carbonyl (C=O) groups is 1. The molecule has 0 atom stereocenters. The van der Waals surface area contributed by atoms with Gasteiger partial charge in [-0.3, -0.25) is 14.6 Å². The van der Waals surface area contributed by atoms with Crippen LogP contribution in [0.5, 0.6) is 0 Å². The maximum absolute atomic E-state index is 12.6. The molecule has 0 saturated carbocycles. The van der Waals surface area contributed by atoms with Gasteiger partial charge in [0.25, 0.3) is 0 Å². The number of aromatic nitrogens is 4. The van der Waals surface area contributed by atoms with Crippen molar-refractivity contribution in [3.05, 3.63) is 30.6 Å². The lowest BCUT2D eigenvalue weighted by molar-refractivity contribution is -0.121. The lowest BCUT2D eigenvalue weighted by Crippen LogP contribution is -2.36. The van der Waals surface area contributed by atoms with Crippen LogP contribution in [0.2, 0.25) is 0 Å². The summed E-state index contributed by atoms with van der Waals surface area (Å²) in [5.41, 5.74) is 3.00. The Hall–Kier alpha value is -2.67. The van der Waals surface area contributed by atoms with Gasteiger partial charge in [-0.1, -0.05) is 6.07 Å². The number of nitrogens with zero attached hydrogens (tertiary/aromatic N) is 4. The Morgan fingerprint density at radius 3 is 2.76 bits per heavy atom. The van der Waals surface area contributed by atoms with E-state index in [4.69, 9.17) is 0 Å². The van der Waals surface area contributed by atoms with Crippen LogP contribution in [0, 0.1) is 5.92 Å². The number of amides is 1. The van der Waals surface area contributed by atoms with Gasteiger partial charge in [0.15, 0.2) is 5.82 Å². The Labute approximate surface area is 146 Å². The molecule has 1 saturated heterocycles. The summed E-state index contributed by atoms with van der Waals surface area (Å²) < 4.78 is 1.78. The van der Waals surface area contributed by atoms with Crippen molar-refractivity contribution >= 4 is 22.6 Å². The van der Waals surface area contributed by atoms with Crippen molar-refractivity contribution in [2.75, 3.05) is 25.5 Å². The van der Waals surface area contributed by atoms with E-state index in [-0.39, 0.29) is 11.8 Å². The molecular formula is C18H22N6O. The van der Waals surface area contributed by atoms with Gasteiger partial charge in [-0.2, -0.15) is 10.2 Å². The molecule has 3 heterocycles. The summed E-state index contributed by atoms with van der Waals surface area (Å²) >= 11 is 0. The lowest BCUT2D eigenvalue weighted by Gasteiger charge is -2.27. The largest absolute Gasteiger partial charge is 0.308 e. The Balaban J connectivity index is 1.58. The minimum atomic E-state index is 0.0597. The molecular weight excluding hydrogens is 316 g/mol. The summed E-state index contributed by atoms with van der Waals surface area (Å²) in [6.07, 6.45) is 5.59. The van der Waals surface area contributed by atoms with Crippen LogP contribution >= 0.6 is 0 Å². The van der Waals surface area contributed by atoms with E-state index in [1.54, 1.807) is 4.68 Å². The van der Waals surface area contributed by atoms with Crippen LogP contribution in [-0.4, -0.2) is 50.9 Å². The third-order valence-electron chi connectivity index (χ3n) is 4.93. The summed E-state index contributed by atoms with van der Waals surface area (Å²) in [6.45, 7) is 1.93. The van der Waals surface area contributed by atoms with E-state index in [9.17, 15) is 4.79 Å². The highest BCUT2D eigenvalue weighted by molar-refractivity contribution is 6.01. The number of benzene rings is 1. The first kappa shape index (κ1) is 15.8. The van der Waals surface area contributed by atoms with Crippen molar-refractivity contribution in [1.82, 2.24) is 24.9 Å². The minimum absolute atomic E-state index is 0.0597. The van der Waals surface area contributed by atoms with E-state index in [2.05, 4.69) is 32.6 Å². The van der Waals surface area contributed by atoms with Crippen LogP contribution in [-0.2, 0) is 11.8 Å². The quantitative estimate of drug-likeness (QED) is 0.768. The number of fused-ring (bicyclic) bond motifs is 1. The number of carbonyl (C=O) groups excluding carboxylic acids is 1. The van der Waals surface area contributed by atoms with Crippen LogP contribution in [0.3, 0.4) is 0 Å². The van der Waals surface area contributed by atoms with E-state index >= 15 is 0 Å². The predicted octanol–water partition coefficient (Wildman–Crippen LogP) is 2.24. The molecule has 2 N–H and O–H groups in total. The number of hydrogen-bond donors (Lipinski definition) is 2. The van der Waals surface area contributed by atoms with Gasteiger partial charge in [0.2, 0.25) is 5.91 Å². The summed E-state index contributed by atoms with van der Waals surface area (Å²) in [5, 5.41) is 15.4. The van der Waals surface area contributed by atoms with Crippen molar-refractivity contribution in [3.63, 3.8) is 0 Å². The fraction of sp³-hybridized carbons (Fsp3) is 0.389. The molecule has 4 rings (SSSR count). The van der Waals surface area contributed by atoms with E-state index in [1.165, 1.54) is 0 Å². The summed E-state index contributed by atoms with van der Waals surface area (Å²) in [7, 11) is 3.99. The van der Waals surface area contributed by atoms with Gasteiger partial charge in [-0.15, -0.1) is 0 Å². The van der Waals surface area contributed by atoms with Crippen LogP contribution in [0.4, 0.5) is 5.82 Å². The van der Waals surface area contributed by atoms with Crippen molar-refractivity contribution in [2.24, 2.45) is 13.0 Å². The first-order valence-corrected chi connectivity index (χ1v) is 8.57. The molecule has 3 aromatic rings. The summed E-state index contributed by atoms with van der Waals surface area (Å²) in [6, 6.07) is 6.05. The van der Waals surface area contributed by atoms with Gasteiger partial charge < -0.3 is 10.2 Å². The van der Waals surface area contributed by atoms with Crippen LogP contribution in [0.1, 0.15) is 12.8 Å². The Morgan fingerprint density at radius 1 is 1.24 bits per heavy atom. The zero-order chi connectivity index (χ0) is 17.4. The fourth-order valence-corrected chi connectivity index (χ4v) is 3.35. The lowest BCUT2D eigenvalue weighted by atomic mass is 9.96. The number of nitrogens with one attached hydrogen (secondary N) is 2. The number of aromatic amines is 1. The molecule has 0 aliphatic carbocycles. The number of aryl methyl sites for hydroxylation is 1. The van der Waals surface area contributed by atoms with Gasteiger partial charge in [-0.05, 0) is 50.7 Å². The first-order valence-electron chi connectivity index (χ1n) is 8.57. The van der Waals surface area contributed by atoms with Crippen LogP contribution < -0.4 is 5.32 Å². The van der Waals surface area contributed by atoms with Crippen LogP contribution in [0.25, 0.3) is 22.0 Å². The fourth-order valence-electron chi connectivity index (χ4n) is 3.35. The summed E-state index contributed by atoms with van der Waals surface area (Å²) in [5.74, 6) is 0.724. The van der Waals surface area contributed by atoms with E-state index in [0.29, 0.717) is 5.82 Å². The van der Waals surface area contributed by atoms with E-state index in [1.807, 2.05) is 37.6 Å². The topological polar surface area (TPSA) is 78.8 Å². The summed E-state index contributed by atoms with van der Waals surface area (Å²) in [4.78, 5) is 14.8. The number of likely N-dealkylation sites (tertiary alicyclic amines) is 1. The standard InChI is InChI=1S/C18H22N6O/c1-23-7-5-12(6-8-23)18(25)20-17-15-9-13(3-4-16(15)21-22-17)14-10-19-24(2)11-14/h3-4,9-12H,5-8H2,1-2H3,(H2,20,21,22,25). The Kier molecular flexibility index (Phi) is 4.01.